The number of hydrogen-bond acceptors (Lipinski definition) is 12. The molecule has 1 aliphatic carbocycles. The van der Waals surface area contributed by atoms with Crippen LogP contribution in [0.1, 0.15) is 51.0 Å². The van der Waals surface area contributed by atoms with Gasteiger partial charge in [-0.05, 0) is 69.2 Å². The first-order valence-corrected chi connectivity index (χ1v) is 19.1. The summed E-state index contributed by atoms with van der Waals surface area (Å²) in [6.07, 6.45) is 11.8. The molecule has 1 spiro atoms. The van der Waals surface area contributed by atoms with E-state index in [-0.39, 0.29) is 87.3 Å². The molecule has 1 unspecified atom stereocenters. The van der Waals surface area contributed by atoms with E-state index in [1.54, 1.807) is 6.92 Å². The molecule has 0 radical (unpaired) electrons. The van der Waals surface area contributed by atoms with Crippen LogP contribution in [0, 0.1) is 29.4 Å². The highest BCUT2D eigenvalue weighted by atomic mass is 19.1. The van der Waals surface area contributed by atoms with Crippen LogP contribution in [0.25, 0.3) is 32.9 Å². The molecule has 0 bridgehead atoms. The number of halogens is 2. The van der Waals surface area contributed by atoms with E-state index in [4.69, 9.17) is 40.1 Å². The number of pyridine rings is 1. The monoisotopic (exact) mass is 757 g/mol. The second-order valence-corrected chi connectivity index (χ2v) is 16.2. The summed E-state index contributed by atoms with van der Waals surface area (Å²) in [7, 11) is 1.40. The Balaban J connectivity index is 1.15. The van der Waals surface area contributed by atoms with E-state index in [0.717, 1.165) is 45.1 Å². The van der Waals surface area contributed by atoms with Crippen LogP contribution >= 0.6 is 0 Å². The minimum Gasteiger partial charge on any atom is -0.508 e. The Hall–Kier alpha value is -4.39. The van der Waals surface area contributed by atoms with Crippen molar-refractivity contribution in [2.75, 3.05) is 71.3 Å². The Morgan fingerprint density at radius 1 is 1.05 bits per heavy atom. The minimum atomic E-state index is -1.25. The zero-order chi connectivity index (χ0) is 38.1. The van der Waals surface area contributed by atoms with Gasteiger partial charge in [0.05, 0.1) is 58.9 Å². The van der Waals surface area contributed by atoms with Crippen LogP contribution in [0.4, 0.5) is 14.6 Å². The lowest BCUT2D eigenvalue weighted by Crippen LogP contribution is -2.56. The van der Waals surface area contributed by atoms with Gasteiger partial charge in [-0.1, -0.05) is 18.4 Å². The molecule has 4 atom stereocenters. The standard InChI is InChI=1S/C41H45F2N5O7/c1-4-27-29(42)9-8-24-15-26(49)16-28(31(24)27)34-33(43)35-32(37(44-34)51-3)36(47-13-14-52-20-39(2,50)19-47)46-38(45-35)54-21-40-10-5-7-30(40)48(12-6-11-40)25-17-41(55-18-25)22-53-23-41/h1,8-9,15-16,25,30,49-50H,5-7,10-14,17-23H2,2-3H3/t25?,30-,39+,40-/m1/s1. The van der Waals surface area contributed by atoms with Crippen LogP contribution in [0.2, 0.25) is 0 Å². The summed E-state index contributed by atoms with van der Waals surface area (Å²) in [6.45, 7) is 5.82. The molecule has 4 aliphatic heterocycles. The van der Waals surface area contributed by atoms with E-state index >= 15 is 8.78 Å². The van der Waals surface area contributed by atoms with Crippen LogP contribution in [-0.2, 0) is 14.2 Å². The highest BCUT2D eigenvalue weighted by Crippen LogP contribution is 2.51. The topological polar surface area (TPSA) is 132 Å². The molecule has 2 aromatic heterocycles. The molecule has 5 aliphatic rings. The normalized spacial score (nSPS) is 27.9. The molecule has 14 heteroatoms. The zero-order valence-electron chi connectivity index (χ0n) is 31.1. The number of aliphatic hydroxyl groups is 1. The molecule has 5 fully saturated rings. The summed E-state index contributed by atoms with van der Waals surface area (Å²) in [6, 6.07) is 5.97. The first-order chi connectivity index (χ1) is 26.5. The number of rotatable bonds is 7. The van der Waals surface area contributed by atoms with E-state index in [0.29, 0.717) is 50.4 Å². The number of terminal acetylenes is 1. The van der Waals surface area contributed by atoms with Gasteiger partial charge in [0, 0.05) is 35.0 Å². The van der Waals surface area contributed by atoms with Crippen molar-refractivity contribution in [1.29, 1.82) is 0 Å². The fraction of sp³-hybridized carbons (Fsp3) is 0.537. The number of anilines is 1. The SMILES string of the molecule is C#Cc1c(F)ccc2cc(O)cc(-c3nc(OC)c4c(N5CCOC[C@@](C)(O)C5)nc(OC[C@]56CCC[C@H]5N(C5COC7(COC7)C5)CCC6)nc4c3F)c12. The summed E-state index contributed by atoms with van der Waals surface area (Å²) < 4.78 is 62.3. The summed E-state index contributed by atoms with van der Waals surface area (Å²) in [4.78, 5) is 18.6. The van der Waals surface area contributed by atoms with Crippen molar-refractivity contribution in [1.82, 2.24) is 19.9 Å². The third-order valence-electron chi connectivity index (χ3n) is 12.3. The van der Waals surface area contributed by atoms with E-state index in [1.165, 1.54) is 31.4 Å². The lowest BCUT2D eigenvalue weighted by Gasteiger charge is -2.48. The van der Waals surface area contributed by atoms with Gasteiger partial charge in [-0.15, -0.1) is 6.42 Å². The van der Waals surface area contributed by atoms with Gasteiger partial charge in [0.25, 0.3) is 0 Å². The average molecular weight is 758 g/mol. The maximum Gasteiger partial charge on any atom is 0.319 e. The van der Waals surface area contributed by atoms with Gasteiger partial charge in [0.2, 0.25) is 5.88 Å². The number of phenolic OH excluding ortho intramolecular Hbond substituents is 1. The number of fused-ring (bicyclic) bond motifs is 3. The number of nitrogens with zero attached hydrogens (tertiary/aromatic N) is 5. The number of hydrogen-bond donors (Lipinski definition) is 2. The molecule has 2 N–H and O–H groups in total. The van der Waals surface area contributed by atoms with Gasteiger partial charge in [-0.25, -0.2) is 13.8 Å². The van der Waals surface area contributed by atoms with Crippen molar-refractivity contribution < 1.29 is 42.7 Å². The van der Waals surface area contributed by atoms with Crippen molar-refractivity contribution in [3.8, 4) is 41.2 Å². The second kappa shape index (κ2) is 13.7. The predicted molar refractivity (Wildman–Crippen MR) is 199 cm³/mol. The Labute approximate surface area is 317 Å². The molecule has 2 aromatic carbocycles. The van der Waals surface area contributed by atoms with Crippen LogP contribution in [0.15, 0.2) is 24.3 Å². The third-order valence-corrected chi connectivity index (χ3v) is 12.3. The first kappa shape index (κ1) is 36.3. The molecule has 55 heavy (non-hydrogen) atoms. The number of aromatic hydroxyl groups is 1. The van der Waals surface area contributed by atoms with Crippen molar-refractivity contribution in [2.45, 2.75) is 68.7 Å². The number of piperidine rings is 1. The fourth-order valence-corrected chi connectivity index (χ4v) is 9.81. The van der Waals surface area contributed by atoms with E-state index in [9.17, 15) is 10.2 Å². The van der Waals surface area contributed by atoms with Crippen LogP contribution in [-0.4, -0.2) is 120 Å². The van der Waals surface area contributed by atoms with Gasteiger partial charge in [-0.2, -0.15) is 9.97 Å². The molecule has 4 aromatic rings. The largest absolute Gasteiger partial charge is 0.508 e. The summed E-state index contributed by atoms with van der Waals surface area (Å²) in [5.41, 5.74) is -1.99. The van der Waals surface area contributed by atoms with Crippen LogP contribution in [0.3, 0.4) is 0 Å². The molecule has 4 saturated heterocycles. The minimum absolute atomic E-state index is 0.0151. The maximum atomic E-state index is 17.3. The maximum absolute atomic E-state index is 17.3. The lowest BCUT2D eigenvalue weighted by atomic mass is 9.74. The zero-order valence-corrected chi connectivity index (χ0v) is 31.1. The van der Waals surface area contributed by atoms with E-state index in [1.807, 2.05) is 4.90 Å². The van der Waals surface area contributed by atoms with Crippen LogP contribution < -0.4 is 14.4 Å². The first-order valence-electron chi connectivity index (χ1n) is 19.1. The van der Waals surface area contributed by atoms with Crippen molar-refractivity contribution in [3.63, 3.8) is 0 Å². The van der Waals surface area contributed by atoms with E-state index < -0.39 is 17.2 Å². The molecule has 290 valence electrons. The summed E-state index contributed by atoms with van der Waals surface area (Å²) in [5, 5.41) is 22.7. The molecule has 12 nitrogen and oxygen atoms in total. The molecule has 9 rings (SSSR count). The molecular weight excluding hydrogens is 712 g/mol. The van der Waals surface area contributed by atoms with Gasteiger partial charge in [0.1, 0.15) is 45.2 Å². The van der Waals surface area contributed by atoms with Gasteiger partial charge >= 0.3 is 6.01 Å². The number of likely N-dealkylation sites (tertiary alicyclic amines) is 1. The molecule has 6 heterocycles. The predicted octanol–water partition coefficient (Wildman–Crippen LogP) is 4.98. The number of β-amino-alcohol motifs (C(OH)–C–C–N with tert-alkyl or cyclic N) is 1. The Morgan fingerprint density at radius 2 is 1.89 bits per heavy atom. The van der Waals surface area contributed by atoms with Gasteiger partial charge < -0.3 is 38.8 Å². The molecule has 0 amide bonds. The van der Waals surface area contributed by atoms with Crippen LogP contribution in [0.5, 0.6) is 17.6 Å². The average Bonchev–Trinajstić information content (AvgIpc) is 3.77. The highest BCUT2D eigenvalue weighted by molar-refractivity contribution is 6.04. The quantitative estimate of drug-likeness (QED) is 0.247. The summed E-state index contributed by atoms with van der Waals surface area (Å²) >= 11 is 0. The number of benzene rings is 2. The Kier molecular flexibility index (Phi) is 9.01. The number of phenols is 1. The Bertz CT molecular complexity index is 2210. The van der Waals surface area contributed by atoms with Crippen molar-refractivity contribution in [3.05, 3.63) is 41.5 Å². The van der Waals surface area contributed by atoms with E-state index in [2.05, 4.69) is 15.8 Å². The lowest BCUT2D eigenvalue weighted by molar-refractivity contribution is -0.184. The van der Waals surface area contributed by atoms with Gasteiger partial charge in [0.15, 0.2) is 5.82 Å². The van der Waals surface area contributed by atoms with Crippen molar-refractivity contribution >= 4 is 27.5 Å². The smallest absolute Gasteiger partial charge is 0.319 e. The molecule has 1 saturated carbocycles. The Morgan fingerprint density at radius 3 is 2.65 bits per heavy atom. The third kappa shape index (κ3) is 6.21. The van der Waals surface area contributed by atoms with Gasteiger partial charge in [-0.3, -0.25) is 4.90 Å². The fourth-order valence-electron chi connectivity index (χ4n) is 9.81. The number of aromatic nitrogens is 3. The second-order valence-electron chi connectivity index (χ2n) is 16.2. The summed E-state index contributed by atoms with van der Waals surface area (Å²) in [5.74, 6) is 0.903. The number of ether oxygens (including phenoxy) is 5. The van der Waals surface area contributed by atoms with Crippen molar-refractivity contribution in [2.24, 2.45) is 5.41 Å². The highest BCUT2D eigenvalue weighted by Gasteiger charge is 2.54. The number of methoxy groups -OCH3 is 1. The molecular formula is C41H45F2N5O7.